The Labute approximate surface area is 91.5 Å². The molecule has 1 aromatic heterocycles. The number of rotatable bonds is 4. The second-order valence-electron chi connectivity index (χ2n) is 2.98. The van der Waals surface area contributed by atoms with Gasteiger partial charge in [0.2, 0.25) is 0 Å². The van der Waals surface area contributed by atoms with Gasteiger partial charge in [0.05, 0.1) is 17.7 Å². The number of hydrogen-bond donors (Lipinski definition) is 3. The average Bonchev–Trinajstić information content (AvgIpc) is 2.27. The van der Waals surface area contributed by atoms with Gasteiger partial charge in [-0.2, -0.15) is 0 Å². The molecule has 1 aromatic rings. The van der Waals surface area contributed by atoms with E-state index in [4.69, 9.17) is 17.3 Å². The summed E-state index contributed by atoms with van der Waals surface area (Å²) in [6.07, 6.45) is -2.34. The van der Waals surface area contributed by atoms with Gasteiger partial charge in [-0.25, -0.2) is 4.98 Å². The van der Waals surface area contributed by atoms with Gasteiger partial charge in [0, 0.05) is 0 Å². The lowest BCUT2D eigenvalue weighted by Gasteiger charge is -2.14. The third kappa shape index (κ3) is 2.89. The molecule has 82 valence electrons. The van der Waals surface area contributed by atoms with Gasteiger partial charge < -0.3 is 15.9 Å². The summed E-state index contributed by atoms with van der Waals surface area (Å²) >= 11 is 5.37. The zero-order valence-electron chi connectivity index (χ0n) is 7.80. The Morgan fingerprint density at radius 2 is 2.20 bits per heavy atom. The summed E-state index contributed by atoms with van der Waals surface area (Å²) in [5.41, 5.74) is 5.22. The molecule has 0 aliphatic heterocycles. The van der Waals surface area contributed by atoms with Crippen molar-refractivity contribution in [1.82, 2.24) is 4.98 Å². The van der Waals surface area contributed by atoms with Crippen molar-refractivity contribution in [2.24, 2.45) is 5.73 Å². The zero-order chi connectivity index (χ0) is 11.4. The van der Waals surface area contributed by atoms with Crippen molar-refractivity contribution in [3.63, 3.8) is 0 Å². The molecule has 0 bridgehead atoms. The monoisotopic (exact) mass is 230 g/mol. The Bertz CT molecular complexity index is 359. The van der Waals surface area contributed by atoms with E-state index in [1.165, 1.54) is 18.2 Å². The van der Waals surface area contributed by atoms with Crippen molar-refractivity contribution in [2.75, 3.05) is 5.88 Å². The number of alkyl halides is 1. The Kier molecular flexibility index (Phi) is 4.02. The van der Waals surface area contributed by atoms with E-state index in [2.05, 4.69) is 4.98 Å². The van der Waals surface area contributed by atoms with Crippen molar-refractivity contribution >= 4 is 17.5 Å². The maximum absolute atomic E-state index is 10.8. The number of halogens is 1. The maximum atomic E-state index is 10.8. The Balaban J connectivity index is 2.94. The predicted molar refractivity (Wildman–Crippen MR) is 54.4 cm³/mol. The van der Waals surface area contributed by atoms with Gasteiger partial charge in [-0.1, -0.05) is 6.07 Å². The number of amides is 1. The third-order valence-electron chi connectivity index (χ3n) is 1.85. The van der Waals surface area contributed by atoms with Crippen LogP contribution in [0.2, 0.25) is 0 Å². The van der Waals surface area contributed by atoms with Gasteiger partial charge in [0.25, 0.3) is 5.91 Å². The number of carbonyl (C=O) groups excluding carboxylic acids is 1. The fourth-order valence-corrected chi connectivity index (χ4v) is 1.20. The minimum atomic E-state index is -1.22. The molecule has 1 rings (SSSR count). The lowest BCUT2D eigenvalue weighted by Crippen LogP contribution is -2.22. The number of aromatic nitrogens is 1. The van der Waals surface area contributed by atoms with Crippen LogP contribution in [0.25, 0.3) is 0 Å². The van der Waals surface area contributed by atoms with E-state index in [1.807, 2.05) is 0 Å². The molecular formula is C9H11ClN2O3. The highest BCUT2D eigenvalue weighted by Gasteiger charge is 2.19. The molecular weight excluding hydrogens is 220 g/mol. The predicted octanol–water partition coefficient (Wildman–Crippen LogP) is -0.186. The molecule has 0 aliphatic carbocycles. The van der Waals surface area contributed by atoms with Crippen LogP contribution in [-0.2, 0) is 0 Å². The van der Waals surface area contributed by atoms with E-state index < -0.39 is 18.1 Å². The van der Waals surface area contributed by atoms with E-state index >= 15 is 0 Å². The SMILES string of the molecule is NC(=O)c1cccc(C(O)C(O)CCl)n1. The molecule has 0 aromatic carbocycles. The lowest BCUT2D eigenvalue weighted by molar-refractivity contribution is 0.0299. The Hall–Kier alpha value is -1.17. The lowest BCUT2D eigenvalue weighted by atomic mass is 10.1. The van der Waals surface area contributed by atoms with Crippen LogP contribution in [0, 0.1) is 0 Å². The van der Waals surface area contributed by atoms with Gasteiger partial charge in [0.1, 0.15) is 11.8 Å². The van der Waals surface area contributed by atoms with Crippen molar-refractivity contribution in [3.05, 3.63) is 29.6 Å². The van der Waals surface area contributed by atoms with Crippen LogP contribution < -0.4 is 5.73 Å². The van der Waals surface area contributed by atoms with Gasteiger partial charge in [-0.05, 0) is 12.1 Å². The molecule has 15 heavy (non-hydrogen) atoms. The van der Waals surface area contributed by atoms with E-state index in [0.717, 1.165) is 0 Å². The van der Waals surface area contributed by atoms with Crippen molar-refractivity contribution in [3.8, 4) is 0 Å². The smallest absolute Gasteiger partial charge is 0.267 e. The molecule has 0 spiro atoms. The largest absolute Gasteiger partial charge is 0.389 e. The first-order valence-electron chi connectivity index (χ1n) is 4.25. The minimum Gasteiger partial charge on any atom is -0.389 e. The summed E-state index contributed by atoms with van der Waals surface area (Å²) in [5, 5.41) is 18.8. The van der Waals surface area contributed by atoms with Crippen LogP contribution in [0.3, 0.4) is 0 Å². The molecule has 4 N–H and O–H groups in total. The molecule has 2 atom stereocenters. The first-order chi connectivity index (χ1) is 7.06. The van der Waals surface area contributed by atoms with Gasteiger partial charge >= 0.3 is 0 Å². The van der Waals surface area contributed by atoms with E-state index in [9.17, 15) is 15.0 Å². The van der Waals surface area contributed by atoms with Crippen LogP contribution in [-0.4, -0.2) is 33.1 Å². The molecule has 5 nitrogen and oxygen atoms in total. The summed E-state index contributed by atoms with van der Waals surface area (Å²) in [5.74, 6) is -0.812. The number of primary amides is 1. The topological polar surface area (TPSA) is 96.4 Å². The summed E-state index contributed by atoms with van der Waals surface area (Å²) < 4.78 is 0. The van der Waals surface area contributed by atoms with E-state index in [-0.39, 0.29) is 17.3 Å². The molecule has 2 unspecified atom stereocenters. The second kappa shape index (κ2) is 5.06. The Morgan fingerprint density at radius 3 is 2.73 bits per heavy atom. The van der Waals surface area contributed by atoms with Gasteiger partial charge in [0.15, 0.2) is 0 Å². The first kappa shape index (κ1) is 11.9. The number of aliphatic hydroxyl groups excluding tert-OH is 2. The molecule has 0 saturated heterocycles. The van der Waals surface area contributed by atoms with Crippen molar-refractivity contribution < 1.29 is 15.0 Å². The van der Waals surface area contributed by atoms with Crippen molar-refractivity contribution in [1.29, 1.82) is 0 Å². The van der Waals surface area contributed by atoms with Crippen LogP contribution in [0.5, 0.6) is 0 Å². The number of hydrogen-bond acceptors (Lipinski definition) is 4. The maximum Gasteiger partial charge on any atom is 0.267 e. The van der Waals surface area contributed by atoms with Crippen LogP contribution in [0.4, 0.5) is 0 Å². The average molecular weight is 231 g/mol. The molecule has 6 heteroatoms. The third-order valence-corrected chi connectivity index (χ3v) is 2.16. The summed E-state index contributed by atoms with van der Waals surface area (Å²) in [6.45, 7) is 0. The summed E-state index contributed by atoms with van der Waals surface area (Å²) in [7, 11) is 0. The van der Waals surface area contributed by atoms with Crippen LogP contribution in [0.1, 0.15) is 22.3 Å². The molecule has 0 aliphatic rings. The number of carbonyl (C=O) groups is 1. The second-order valence-corrected chi connectivity index (χ2v) is 3.29. The zero-order valence-corrected chi connectivity index (χ0v) is 8.55. The summed E-state index contributed by atoms with van der Waals surface area (Å²) in [4.78, 5) is 14.6. The van der Waals surface area contributed by atoms with E-state index in [0.29, 0.717) is 0 Å². The number of nitrogens with zero attached hydrogens (tertiary/aromatic N) is 1. The molecule has 0 saturated carbocycles. The highest BCUT2D eigenvalue weighted by atomic mass is 35.5. The normalized spacial score (nSPS) is 14.6. The highest BCUT2D eigenvalue weighted by Crippen LogP contribution is 2.15. The number of pyridine rings is 1. The van der Waals surface area contributed by atoms with E-state index in [1.54, 1.807) is 0 Å². The summed E-state index contributed by atoms with van der Waals surface area (Å²) in [6, 6.07) is 4.42. The fourth-order valence-electron chi connectivity index (χ4n) is 1.03. The fraction of sp³-hybridized carbons (Fsp3) is 0.333. The Morgan fingerprint density at radius 1 is 1.53 bits per heavy atom. The first-order valence-corrected chi connectivity index (χ1v) is 4.78. The molecule has 0 radical (unpaired) electrons. The minimum absolute atomic E-state index is 0.0355. The standard InChI is InChI=1S/C9H11ClN2O3/c10-4-7(13)8(14)5-2-1-3-6(12-5)9(11)15/h1-3,7-8,13-14H,4H2,(H2,11,15). The molecule has 0 fully saturated rings. The van der Waals surface area contributed by atoms with Crippen molar-refractivity contribution in [2.45, 2.75) is 12.2 Å². The van der Waals surface area contributed by atoms with Crippen LogP contribution >= 0.6 is 11.6 Å². The molecule has 1 amide bonds. The number of aliphatic hydroxyl groups is 2. The van der Waals surface area contributed by atoms with Gasteiger partial charge in [-0.3, -0.25) is 4.79 Å². The highest BCUT2D eigenvalue weighted by molar-refractivity contribution is 6.18. The molecule has 1 heterocycles. The van der Waals surface area contributed by atoms with Crippen LogP contribution in [0.15, 0.2) is 18.2 Å². The van der Waals surface area contributed by atoms with Gasteiger partial charge in [-0.15, -0.1) is 11.6 Å². The number of nitrogens with two attached hydrogens (primary N) is 1. The quantitative estimate of drug-likeness (QED) is 0.625.